The molecule has 0 saturated carbocycles. The molecule has 0 aliphatic rings. The molecular formula is C11H21N3O2. The van der Waals surface area contributed by atoms with Gasteiger partial charge in [-0.1, -0.05) is 51.9 Å². The maximum Gasteiger partial charge on any atom is 0.396 e. The summed E-state index contributed by atoms with van der Waals surface area (Å²) in [5, 5.41) is 2.81. The lowest BCUT2D eigenvalue weighted by Crippen LogP contribution is -1.99. The molecule has 16 heavy (non-hydrogen) atoms. The Morgan fingerprint density at radius 3 is 2.25 bits per heavy atom. The van der Waals surface area contributed by atoms with Crippen molar-refractivity contribution in [2.24, 2.45) is 5.11 Å². The fourth-order valence-electron chi connectivity index (χ4n) is 1.46. The van der Waals surface area contributed by atoms with E-state index in [4.69, 9.17) is 5.53 Å². The molecule has 92 valence electrons. The Hall–Kier alpha value is -1.22. The Bertz CT molecular complexity index is 225. The third-order valence-corrected chi connectivity index (χ3v) is 2.35. The smallest absolute Gasteiger partial charge is 0.396 e. The molecule has 0 N–H and O–H groups in total. The van der Waals surface area contributed by atoms with Gasteiger partial charge in [0.2, 0.25) is 0 Å². The SMILES string of the molecule is CCCCCCCCCCOC(=O)N=[N+]=[N-]. The number of ether oxygens (including phenoxy) is 1. The third-order valence-electron chi connectivity index (χ3n) is 2.35. The number of hydrogen-bond donors (Lipinski definition) is 0. The van der Waals surface area contributed by atoms with Gasteiger partial charge in [0.05, 0.1) is 6.61 Å². The quantitative estimate of drug-likeness (QED) is 0.250. The molecule has 0 rings (SSSR count). The van der Waals surface area contributed by atoms with Crippen molar-refractivity contribution in [3.8, 4) is 0 Å². The van der Waals surface area contributed by atoms with E-state index in [0.29, 0.717) is 6.61 Å². The lowest BCUT2D eigenvalue weighted by atomic mass is 10.1. The summed E-state index contributed by atoms with van der Waals surface area (Å²) in [4.78, 5) is 13.0. The lowest BCUT2D eigenvalue weighted by Gasteiger charge is -2.02. The van der Waals surface area contributed by atoms with Crippen LogP contribution in [0.5, 0.6) is 0 Å². The molecule has 0 bridgehead atoms. The van der Waals surface area contributed by atoms with Gasteiger partial charge in [-0.05, 0) is 12.0 Å². The van der Waals surface area contributed by atoms with Crippen LogP contribution >= 0.6 is 0 Å². The molecule has 0 spiro atoms. The molecule has 0 heterocycles. The summed E-state index contributed by atoms with van der Waals surface area (Å²) in [7, 11) is 0. The minimum absolute atomic E-state index is 0.354. The zero-order valence-corrected chi connectivity index (χ0v) is 10.0. The van der Waals surface area contributed by atoms with Crippen LogP contribution in [0.25, 0.3) is 10.4 Å². The van der Waals surface area contributed by atoms with Gasteiger partial charge in [-0.2, -0.15) is 0 Å². The van der Waals surface area contributed by atoms with Crippen LogP contribution in [0.2, 0.25) is 0 Å². The van der Waals surface area contributed by atoms with E-state index < -0.39 is 6.09 Å². The second-order valence-electron chi connectivity index (χ2n) is 3.78. The Balaban J connectivity index is 3.09. The van der Waals surface area contributed by atoms with E-state index in [2.05, 4.69) is 21.7 Å². The largest absolute Gasteiger partial charge is 0.461 e. The Labute approximate surface area is 96.8 Å². The van der Waals surface area contributed by atoms with E-state index in [-0.39, 0.29) is 0 Å². The molecule has 1 amide bonds. The van der Waals surface area contributed by atoms with Gasteiger partial charge in [-0.3, -0.25) is 0 Å². The van der Waals surface area contributed by atoms with E-state index in [1.165, 1.54) is 38.5 Å². The van der Waals surface area contributed by atoms with E-state index >= 15 is 0 Å². The first-order valence-electron chi connectivity index (χ1n) is 6.03. The van der Waals surface area contributed by atoms with Crippen molar-refractivity contribution in [2.75, 3.05) is 6.61 Å². The summed E-state index contributed by atoms with van der Waals surface area (Å²) in [6, 6.07) is 0. The van der Waals surface area contributed by atoms with E-state index in [1.807, 2.05) is 0 Å². The zero-order chi connectivity index (χ0) is 12.1. The summed E-state index contributed by atoms with van der Waals surface area (Å²) in [6.45, 7) is 2.56. The van der Waals surface area contributed by atoms with Crippen LogP contribution < -0.4 is 0 Å². The molecule has 5 nitrogen and oxygen atoms in total. The first kappa shape index (κ1) is 14.8. The van der Waals surface area contributed by atoms with E-state index in [1.54, 1.807) is 0 Å². The lowest BCUT2D eigenvalue weighted by molar-refractivity contribution is 0.154. The highest BCUT2D eigenvalue weighted by molar-refractivity contribution is 5.67. The van der Waals surface area contributed by atoms with Crippen LogP contribution in [0.3, 0.4) is 0 Å². The number of unbranched alkanes of at least 4 members (excludes halogenated alkanes) is 7. The minimum atomic E-state index is -0.828. The van der Waals surface area contributed by atoms with Crippen LogP contribution in [-0.4, -0.2) is 12.7 Å². The maximum absolute atomic E-state index is 10.6. The summed E-state index contributed by atoms with van der Waals surface area (Å²) in [5.41, 5.74) is 7.94. The van der Waals surface area contributed by atoms with Gasteiger partial charge in [0.15, 0.2) is 0 Å². The Morgan fingerprint density at radius 1 is 1.12 bits per heavy atom. The first-order valence-corrected chi connectivity index (χ1v) is 6.03. The summed E-state index contributed by atoms with van der Waals surface area (Å²) in [5.74, 6) is 0. The second-order valence-corrected chi connectivity index (χ2v) is 3.78. The van der Waals surface area contributed by atoms with Crippen molar-refractivity contribution in [1.29, 1.82) is 0 Å². The predicted octanol–water partition coefficient (Wildman–Crippen LogP) is 4.57. The number of nitrogens with zero attached hydrogens (tertiary/aromatic N) is 3. The van der Waals surface area contributed by atoms with E-state index in [9.17, 15) is 4.79 Å². The number of hydrogen-bond acceptors (Lipinski definition) is 2. The number of carbonyl (C=O) groups is 1. The molecule has 0 unspecified atom stereocenters. The van der Waals surface area contributed by atoms with Gasteiger partial charge in [0, 0.05) is 10.0 Å². The van der Waals surface area contributed by atoms with Crippen molar-refractivity contribution in [1.82, 2.24) is 0 Å². The van der Waals surface area contributed by atoms with Gasteiger partial charge >= 0.3 is 6.09 Å². The van der Waals surface area contributed by atoms with Crippen molar-refractivity contribution >= 4 is 6.09 Å². The van der Waals surface area contributed by atoms with E-state index in [0.717, 1.165) is 12.8 Å². The van der Waals surface area contributed by atoms with Crippen molar-refractivity contribution in [3.05, 3.63) is 10.4 Å². The van der Waals surface area contributed by atoms with Crippen LogP contribution in [0.4, 0.5) is 4.79 Å². The summed E-state index contributed by atoms with van der Waals surface area (Å²) >= 11 is 0. The second kappa shape index (κ2) is 11.9. The molecular weight excluding hydrogens is 206 g/mol. The first-order chi connectivity index (χ1) is 7.81. The number of azide groups is 1. The molecule has 5 heteroatoms. The van der Waals surface area contributed by atoms with Gasteiger partial charge < -0.3 is 4.74 Å². The van der Waals surface area contributed by atoms with Gasteiger partial charge in [-0.25, -0.2) is 4.79 Å². The molecule has 0 aromatic heterocycles. The maximum atomic E-state index is 10.6. The number of rotatable bonds is 9. The molecule has 0 atom stereocenters. The van der Waals surface area contributed by atoms with Crippen LogP contribution in [0.1, 0.15) is 58.3 Å². The fraction of sp³-hybridized carbons (Fsp3) is 0.909. The standard InChI is InChI=1S/C11H21N3O2/c1-2-3-4-5-6-7-8-9-10-16-11(15)13-14-12/h2-10H2,1H3. The third kappa shape index (κ3) is 10.9. The molecule has 0 aromatic carbocycles. The van der Waals surface area contributed by atoms with Crippen molar-refractivity contribution in [3.63, 3.8) is 0 Å². The average molecular weight is 227 g/mol. The highest BCUT2D eigenvalue weighted by Gasteiger charge is 1.97. The normalized spacial score (nSPS) is 9.56. The highest BCUT2D eigenvalue weighted by Crippen LogP contribution is 2.08. The van der Waals surface area contributed by atoms with Crippen molar-refractivity contribution in [2.45, 2.75) is 58.3 Å². The Kier molecular flexibility index (Phi) is 10.9. The zero-order valence-electron chi connectivity index (χ0n) is 10.0. The summed E-state index contributed by atoms with van der Waals surface area (Å²) in [6.07, 6.45) is 8.74. The van der Waals surface area contributed by atoms with Crippen LogP contribution in [0, 0.1) is 0 Å². The molecule has 0 aromatic rings. The minimum Gasteiger partial charge on any atom is -0.461 e. The molecule has 0 aliphatic heterocycles. The monoisotopic (exact) mass is 227 g/mol. The molecule has 0 aliphatic carbocycles. The summed E-state index contributed by atoms with van der Waals surface area (Å²) < 4.78 is 4.67. The number of amides is 1. The van der Waals surface area contributed by atoms with Gasteiger partial charge in [0.25, 0.3) is 0 Å². The van der Waals surface area contributed by atoms with Gasteiger partial charge in [0.1, 0.15) is 0 Å². The molecule has 0 radical (unpaired) electrons. The van der Waals surface area contributed by atoms with Crippen LogP contribution in [-0.2, 0) is 4.74 Å². The number of carbonyl (C=O) groups excluding carboxylic acids is 1. The van der Waals surface area contributed by atoms with Crippen molar-refractivity contribution < 1.29 is 9.53 Å². The predicted molar refractivity (Wildman–Crippen MR) is 63.1 cm³/mol. The Morgan fingerprint density at radius 2 is 1.69 bits per heavy atom. The molecule has 0 saturated heterocycles. The van der Waals surface area contributed by atoms with Gasteiger partial charge in [-0.15, -0.1) is 0 Å². The topological polar surface area (TPSA) is 75.1 Å². The van der Waals surface area contributed by atoms with Crippen LogP contribution in [0.15, 0.2) is 5.11 Å². The average Bonchev–Trinajstić information content (AvgIpc) is 2.27. The fourth-order valence-corrected chi connectivity index (χ4v) is 1.46. The molecule has 0 fully saturated rings. The highest BCUT2D eigenvalue weighted by atomic mass is 16.5.